The van der Waals surface area contributed by atoms with E-state index in [1.807, 2.05) is 0 Å². The zero-order valence-corrected chi connectivity index (χ0v) is 12.9. The van der Waals surface area contributed by atoms with Crippen LogP contribution in [0.5, 0.6) is 0 Å². The average Bonchev–Trinajstić information content (AvgIpc) is 2.93. The molecule has 0 aromatic carbocycles. The van der Waals surface area contributed by atoms with Gasteiger partial charge in [0.25, 0.3) is 10.1 Å². The third-order valence-corrected chi connectivity index (χ3v) is 4.79. The van der Waals surface area contributed by atoms with Gasteiger partial charge in [-0.1, -0.05) is 5.04 Å². The standard InChI is InChI=1S/C10H14F2O8S2/c1-22(15,16)18-8-4-5-2-6(8)3-7(5)17-9(13)10(11,12)21-20-19-14/h5-8,14H,2-4H2,1H3. The molecule has 0 radical (unpaired) electrons. The number of carbonyl (C=O) groups is 1. The number of esters is 1. The maximum atomic E-state index is 13.3. The minimum absolute atomic E-state index is 0.157. The van der Waals surface area contributed by atoms with Gasteiger partial charge in [0.05, 0.1) is 12.4 Å². The zero-order valence-electron chi connectivity index (χ0n) is 11.3. The summed E-state index contributed by atoms with van der Waals surface area (Å²) in [4.78, 5) is 11.4. The summed E-state index contributed by atoms with van der Waals surface area (Å²) in [6.07, 6.45) is 0.846. The highest BCUT2D eigenvalue weighted by Crippen LogP contribution is 2.48. The molecule has 0 heterocycles. The molecule has 22 heavy (non-hydrogen) atoms. The molecule has 2 aliphatic rings. The summed E-state index contributed by atoms with van der Waals surface area (Å²) in [5, 5.41) is 6.79. The maximum absolute atomic E-state index is 13.3. The first-order valence-corrected chi connectivity index (χ1v) is 8.81. The summed E-state index contributed by atoms with van der Waals surface area (Å²) in [6, 6.07) is 0. The highest BCUT2D eigenvalue weighted by Gasteiger charge is 2.52. The number of ether oxygens (including phenoxy) is 1. The van der Waals surface area contributed by atoms with Crippen molar-refractivity contribution in [2.24, 2.45) is 11.8 Å². The van der Waals surface area contributed by atoms with Crippen LogP contribution in [-0.4, -0.2) is 43.4 Å². The van der Waals surface area contributed by atoms with Crippen LogP contribution in [0.4, 0.5) is 8.78 Å². The number of halogens is 2. The minimum Gasteiger partial charge on any atom is -0.457 e. The molecule has 4 atom stereocenters. The molecule has 2 aliphatic carbocycles. The summed E-state index contributed by atoms with van der Waals surface area (Å²) < 4.78 is 62.0. The molecule has 2 saturated carbocycles. The van der Waals surface area contributed by atoms with Gasteiger partial charge in [0.15, 0.2) is 0 Å². The van der Waals surface area contributed by atoms with E-state index in [-0.39, 0.29) is 18.3 Å². The van der Waals surface area contributed by atoms with Crippen LogP contribution >= 0.6 is 12.0 Å². The highest BCUT2D eigenvalue weighted by molar-refractivity contribution is 7.96. The molecule has 0 aromatic rings. The molecule has 0 aromatic heterocycles. The van der Waals surface area contributed by atoms with Gasteiger partial charge >= 0.3 is 11.2 Å². The topological polar surface area (TPSA) is 108 Å². The van der Waals surface area contributed by atoms with E-state index in [1.54, 1.807) is 0 Å². The third kappa shape index (κ3) is 4.26. The second-order valence-electron chi connectivity index (χ2n) is 5.25. The van der Waals surface area contributed by atoms with Gasteiger partial charge in [-0.05, 0) is 31.1 Å². The smallest absolute Gasteiger partial charge is 0.415 e. The van der Waals surface area contributed by atoms with E-state index in [1.165, 1.54) is 0 Å². The Hall–Kier alpha value is -0.530. The van der Waals surface area contributed by atoms with Gasteiger partial charge in [0.2, 0.25) is 0 Å². The first kappa shape index (κ1) is 17.8. The number of hydrogen-bond acceptors (Lipinski definition) is 9. The van der Waals surface area contributed by atoms with Crippen molar-refractivity contribution in [1.29, 1.82) is 0 Å². The van der Waals surface area contributed by atoms with Crippen LogP contribution in [0, 0.1) is 11.8 Å². The summed E-state index contributed by atoms with van der Waals surface area (Å²) in [5.41, 5.74) is 0. The quantitative estimate of drug-likeness (QED) is 0.235. The number of rotatable bonds is 7. The molecule has 2 bridgehead atoms. The Labute approximate surface area is 129 Å². The summed E-state index contributed by atoms with van der Waals surface area (Å²) in [7, 11) is -3.59. The first-order valence-electron chi connectivity index (χ1n) is 6.25. The highest BCUT2D eigenvalue weighted by atomic mass is 32.2. The number of carbonyl (C=O) groups excluding carboxylic acids is 1. The van der Waals surface area contributed by atoms with Crippen LogP contribution in [0.3, 0.4) is 0 Å². The molecule has 8 nitrogen and oxygen atoms in total. The molecule has 2 fully saturated rings. The van der Waals surface area contributed by atoms with Crippen molar-refractivity contribution in [3.05, 3.63) is 0 Å². The van der Waals surface area contributed by atoms with E-state index in [4.69, 9.17) is 14.2 Å². The number of fused-ring (bicyclic) bond motifs is 2. The largest absolute Gasteiger partial charge is 0.457 e. The Morgan fingerprint density at radius 3 is 2.32 bits per heavy atom. The molecule has 0 aliphatic heterocycles. The van der Waals surface area contributed by atoms with Gasteiger partial charge < -0.3 is 4.74 Å². The van der Waals surface area contributed by atoms with E-state index >= 15 is 0 Å². The van der Waals surface area contributed by atoms with Crippen molar-refractivity contribution >= 4 is 28.1 Å². The van der Waals surface area contributed by atoms with Crippen molar-refractivity contribution in [3.8, 4) is 0 Å². The number of alkyl halides is 2. The average molecular weight is 364 g/mol. The summed E-state index contributed by atoms with van der Waals surface area (Å²) in [5.74, 6) is -2.19. The second-order valence-corrected chi connectivity index (χ2v) is 7.67. The van der Waals surface area contributed by atoms with Gasteiger partial charge in [0.1, 0.15) is 18.1 Å². The molecule has 2 rings (SSSR count). The van der Waals surface area contributed by atoms with Gasteiger partial charge in [-0.2, -0.15) is 17.2 Å². The van der Waals surface area contributed by atoms with Gasteiger partial charge in [-0.3, -0.25) is 4.18 Å². The van der Waals surface area contributed by atoms with Crippen molar-refractivity contribution in [2.45, 2.75) is 36.7 Å². The van der Waals surface area contributed by atoms with Crippen LogP contribution in [0.2, 0.25) is 0 Å². The predicted octanol–water partition coefficient (Wildman–Crippen LogP) is 1.34. The SMILES string of the molecule is CS(=O)(=O)OC1CC2CC1CC2OC(=O)C(F)(F)SOOO. The molecule has 4 unspecified atom stereocenters. The van der Waals surface area contributed by atoms with E-state index in [0.717, 1.165) is 6.26 Å². The Balaban J connectivity index is 1.87. The lowest BCUT2D eigenvalue weighted by molar-refractivity contribution is -0.433. The zero-order chi connectivity index (χ0) is 16.5. The Kier molecular flexibility index (Phi) is 5.29. The molecular formula is C10H14F2O8S2. The van der Waals surface area contributed by atoms with E-state index in [2.05, 4.69) is 9.37 Å². The fourth-order valence-corrected chi connectivity index (χ4v) is 3.87. The van der Waals surface area contributed by atoms with Gasteiger partial charge in [-0.15, -0.1) is 4.33 Å². The third-order valence-electron chi connectivity index (χ3n) is 3.69. The Morgan fingerprint density at radius 1 is 1.23 bits per heavy atom. The molecule has 0 amide bonds. The van der Waals surface area contributed by atoms with Crippen LogP contribution in [0.1, 0.15) is 19.3 Å². The van der Waals surface area contributed by atoms with Gasteiger partial charge in [-0.25, -0.2) is 10.1 Å². The first-order chi connectivity index (χ1) is 10.1. The van der Waals surface area contributed by atoms with Crippen LogP contribution < -0.4 is 0 Å². The molecule has 0 spiro atoms. The number of hydrogen-bond donors (Lipinski definition) is 1. The van der Waals surface area contributed by atoms with Crippen molar-refractivity contribution in [3.63, 3.8) is 0 Å². The van der Waals surface area contributed by atoms with Crippen molar-refractivity contribution in [2.75, 3.05) is 6.26 Å². The van der Waals surface area contributed by atoms with Crippen LogP contribution in [0.25, 0.3) is 0 Å². The Morgan fingerprint density at radius 2 is 1.82 bits per heavy atom. The Bertz CT molecular complexity index is 525. The van der Waals surface area contributed by atoms with E-state index in [0.29, 0.717) is 12.8 Å². The fourth-order valence-electron chi connectivity index (χ4n) is 2.95. The summed E-state index contributed by atoms with van der Waals surface area (Å²) >= 11 is -0.685. The molecule has 0 saturated heterocycles. The normalized spacial score (nSPS) is 31.5. The lowest BCUT2D eigenvalue weighted by atomic mass is 9.95. The molecular weight excluding hydrogens is 350 g/mol. The monoisotopic (exact) mass is 364 g/mol. The van der Waals surface area contributed by atoms with E-state index < -0.39 is 45.6 Å². The van der Waals surface area contributed by atoms with Crippen molar-refractivity contribution < 1.29 is 45.5 Å². The lowest BCUT2D eigenvalue weighted by Crippen LogP contribution is -2.36. The maximum Gasteiger partial charge on any atom is 0.415 e. The summed E-state index contributed by atoms with van der Waals surface area (Å²) in [6.45, 7) is 0. The predicted molar refractivity (Wildman–Crippen MR) is 67.8 cm³/mol. The van der Waals surface area contributed by atoms with E-state index in [9.17, 15) is 22.0 Å². The van der Waals surface area contributed by atoms with Crippen LogP contribution in [-0.2, 0) is 33.2 Å². The van der Waals surface area contributed by atoms with Crippen LogP contribution in [0.15, 0.2) is 0 Å². The minimum atomic E-state index is -4.03. The molecule has 12 heteroatoms. The van der Waals surface area contributed by atoms with Crippen molar-refractivity contribution in [1.82, 2.24) is 0 Å². The fraction of sp³-hybridized carbons (Fsp3) is 0.900. The van der Waals surface area contributed by atoms with Gasteiger partial charge in [0, 0.05) is 0 Å². The molecule has 1 N–H and O–H groups in total. The lowest BCUT2D eigenvalue weighted by Gasteiger charge is -2.27. The second kappa shape index (κ2) is 6.53. The molecule has 128 valence electrons.